The Balaban J connectivity index is 1.44. The van der Waals surface area contributed by atoms with Crippen molar-refractivity contribution < 1.29 is 9.53 Å². The Kier molecular flexibility index (Phi) is 6.08. The van der Waals surface area contributed by atoms with Gasteiger partial charge in [-0.1, -0.05) is 41.9 Å². The molecule has 5 heteroatoms. The molecule has 2 atom stereocenters. The molecular weight excluding hydrogens is 396 g/mol. The predicted octanol–water partition coefficient (Wildman–Crippen LogP) is 5.28. The van der Waals surface area contributed by atoms with E-state index >= 15 is 0 Å². The van der Waals surface area contributed by atoms with Gasteiger partial charge in [0.05, 0.1) is 12.0 Å². The minimum atomic E-state index is -0.304. The lowest BCUT2D eigenvalue weighted by Crippen LogP contribution is -2.46. The van der Waals surface area contributed by atoms with E-state index in [0.717, 1.165) is 60.8 Å². The average Bonchev–Trinajstić information content (AvgIpc) is 2.69. The van der Waals surface area contributed by atoms with Crippen LogP contribution in [0.15, 0.2) is 42.5 Å². The third kappa shape index (κ3) is 4.81. The third-order valence-corrected chi connectivity index (χ3v) is 6.54. The zero-order chi connectivity index (χ0) is 21.3. The summed E-state index contributed by atoms with van der Waals surface area (Å²) >= 11 is 6.34. The van der Waals surface area contributed by atoms with Crippen LogP contribution in [0.25, 0.3) is 0 Å². The summed E-state index contributed by atoms with van der Waals surface area (Å²) in [6.07, 6.45) is 2.72. The van der Waals surface area contributed by atoms with Gasteiger partial charge in [-0.3, -0.25) is 9.69 Å². The molecule has 1 N–H and O–H groups in total. The normalized spacial score (nSPS) is 23.3. The second kappa shape index (κ2) is 8.60. The van der Waals surface area contributed by atoms with Crippen LogP contribution in [0.4, 0.5) is 0 Å². The molecule has 1 saturated heterocycles. The molecule has 0 aromatic heterocycles. The van der Waals surface area contributed by atoms with Crippen LogP contribution in [0.3, 0.4) is 0 Å². The molecule has 4 nitrogen and oxygen atoms in total. The Morgan fingerprint density at radius 1 is 1.27 bits per heavy atom. The average molecular weight is 427 g/mol. The summed E-state index contributed by atoms with van der Waals surface area (Å²) in [6.45, 7) is 8.79. The molecule has 4 rings (SSSR count). The third-order valence-electron chi connectivity index (χ3n) is 6.17. The van der Waals surface area contributed by atoms with E-state index in [2.05, 4.69) is 55.3 Å². The van der Waals surface area contributed by atoms with Gasteiger partial charge in [-0.05, 0) is 63.4 Å². The molecule has 1 fully saturated rings. The lowest BCUT2D eigenvalue weighted by Gasteiger charge is -2.39. The van der Waals surface area contributed by atoms with E-state index in [-0.39, 0.29) is 23.5 Å². The van der Waals surface area contributed by atoms with E-state index in [9.17, 15) is 4.79 Å². The molecule has 0 radical (unpaired) electrons. The number of halogens is 1. The van der Waals surface area contributed by atoms with Crippen molar-refractivity contribution in [3.63, 3.8) is 0 Å². The number of ether oxygens (including phenoxy) is 1. The van der Waals surface area contributed by atoms with Gasteiger partial charge in [-0.25, -0.2) is 0 Å². The lowest BCUT2D eigenvalue weighted by atomic mass is 9.88. The van der Waals surface area contributed by atoms with E-state index < -0.39 is 0 Å². The predicted molar refractivity (Wildman–Crippen MR) is 121 cm³/mol. The van der Waals surface area contributed by atoms with Crippen LogP contribution in [0, 0.1) is 12.8 Å². The fourth-order valence-electron chi connectivity index (χ4n) is 4.66. The van der Waals surface area contributed by atoms with Gasteiger partial charge in [0.2, 0.25) is 5.91 Å². The fourth-order valence-corrected chi connectivity index (χ4v) is 4.85. The highest BCUT2D eigenvalue weighted by molar-refractivity contribution is 6.31. The lowest BCUT2D eigenvalue weighted by molar-refractivity contribution is -0.128. The Hall–Kier alpha value is -2.04. The number of amides is 1. The maximum atomic E-state index is 13.2. The van der Waals surface area contributed by atoms with E-state index in [0.29, 0.717) is 0 Å². The maximum Gasteiger partial charge on any atom is 0.224 e. The number of benzene rings is 2. The molecule has 0 spiro atoms. The van der Waals surface area contributed by atoms with Crippen LogP contribution in [0.2, 0.25) is 5.02 Å². The molecule has 2 aromatic carbocycles. The van der Waals surface area contributed by atoms with Crippen molar-refractivity contribution in [2.75, 3.05) is 13.1 Å². The second-order valence-corrected chi connectivity index (χ2v) is 9.74. The standard InChI is InChI=1S/C25H31ClN2O2/c1-17-10-11-20-22(14-25(2,3)30-23(20)13-17)27-24(29)19-8-6-12-28(16-19)15-18-7-4-5-9-21(18)26/h4-5,7,9-11,13,19,22H,6,8,12,14-16H2,1-3H3,(H,27,29)/t19-,22+/m0/s1. The van der Waals surface area contributed by atoms with Crippen LogP contribution < -0.4 is 10.1 Å². The number of piperidine rings is 1. The minimum absolute atomic E-state index is 0.00101. The molecule has 30 heavy (non-hydrogen) atoms. The van der Waals surface area contributed by atoms with Crippen molar-refractivity contribution in [3.05, 3.63) is 64.2 Å². The van der Waals surface area contributed by atoms with Crippen molar-refractivity contribution in [3.8, 4) is 5.75 Å². The summed E-state index contributed by atoms with van der Waals surface area (Å²) in [5.41, 5.74) is 3.06. The Morgan fingerprint density at radius 2 is 2.07 bits per heavy atom. The number of carbonyl (C=O) groups is 1. The maximum absolute atomic E-state index is 13.2. The summed E-state index contributed by atoms with van der Waals surface area (Å²) in [5, 5.41) is 4.14. The van der Waals surface area contributed by atoms with E-state index in [1.54, 1.807) is 0 Å². The number of aryl methyl sites for hydroxylation is 1. The summed E-state index contributed by atoms with van der Waals surface area (Å²) in [6, 6.07) is 14.2. The molecule has 2 aliphatic rings. The molecule has 0 saturated carbocycles. The number of fused-ring (bicyclic) bond motifs is 1. The molecule has 2 aromatic rings. The van der Waals surface area contributed by atoms with Crippen LogP contribution in [-0.2, 0) is 11.3 Å². The van der Waals surface area contributed by atoms with Gasteiger partial charge >= 0.3 is 0 Å². The van der Waals surface area contributed by atoms with Gasteiger partial charge in [0, 0.05) is 30.1 Å². The van der Waals surface area contributed by atoms with Gasteiger partial charge in [-0.2, -0.15) is 0 Å². The monoisotopic (exact) mass is 426 g/mol. The van der Waals surface area contributed by atoms with Crippen molar-refractivity contribution in [1.29, 1.82) is 0 Å². The quantitative estimate of drug-likeness (QED) is 0.723. The number of carbonyl (C=O) groups excluding carboxylic acids is 1. The first-order valence-corrected chi connectivity index (χ1v) is 11.2. The molecule has 0 aliphatic carbocycles. The van der Waals surface area contributed by atoms with Crippen LogP contribution in [-0.4, -0.2) is 29.5 Å². The summed E-state index contributed by atoms with van der Waals surface area (Å²) < 4.78 is 6.18. The zero-order valence-corrected chi connectivity index (χ0v) is 18.8. The first-order valence-electron chi connectivity index (χ1n) is 10.9. The summed E-state index contributed by atoms with van der Waals surface area (Å²) in [7, 11) is 0. The number of hydrogen-bond donors (Lipinski definition) is 1. The summed E-state index contributed by atoms with van der Waals surface area (Å²) in [4.78, 5) is 15.6. The zero-order valence-electron chi connectivity index (χ0n) is 18.1. The van der Waals surface area contributed by atoms with E-state index in [1.165, 1.54) is 5.56 Å². The number of nitrogens with zero attached hydrogens (tertiary/aromatic N) is 1. The Morgan fingerprint density at radius 3 is 2.87 bits per heavy atom. The highest BCUT2D eigenvalue weighted by Crippen LogP contribution is 2.40. The molecule has 1 amide bonds. The molecule has 0 unspecified atom stereocenters. The van der Waals surface area contributed by atoms with Crippen molar-refractivity contribution >= 4 is 17.5 Å². The highest BCUT2D eigenvalue weighted by atomic mass is 35.5. The van der Waals surface area contributed by atoms with Gasteiger partial charge in [0.1, 0.15) is 11.4 Å². The van der Waals surface area contributed by atoms with E-state index in [1.807, 2.05) is 18.2 Å². The second-order valence-electron chi connectivity index (χ2n) is 9.33. The van der Waals surface area contributed by atoms with Crippen molar-refractivity contribution in [2.24, 2.45) is 5.92 Å². The molecule has 2 heterocycles. The first kappa shape index (κ1) is 21.2. The summed E-state index contributed by atoms with van der Waals surface area (Å²) in [5.74, 6) is 1.04. The molecule has 160 valence electrons. The molecular formula is C25H31ClN2O2. The fraction of sp³-hybridized carbons (Fsp3) is 0.480. The molecule has 2 aliphatic heterocycles. The number of rotatable bonds is 4. The smallest absolute Gasteiger partial charge is 0.224 e. The van der Waals surface area contributed by atoms with Crippen LogP contribution in [0.5, 0.6) is 5.75 Å². The largest absolute Gasteiger partial charge is 0.487 e. The van der Waals surface area contributed by atoms with Crippen molar-refractivity contribution in [1.82, 2.24) is 10.2 Å². The topological polar surface area (TPSA) is 41.6 Å². The Labute approximate surface area is 184 Å². The minimum Gasteiger partial charge on any atom is -0.487 e. The van der Waals surface area contributed by atoms with Gasteiger partial charge in [-0.15, -0.1) is 0 Å². The number of likely N-dealkylation sites (tertiary alicyclic amines) is 1. The highest BCUT2D eigenvalue weighted by Gasteiger charge is 2.36. The SMILES string of the molecule is Cc1ccc2c(c1)OC(C)(C)C[C@H]2NC(=O)[C@H]1CCCN(Cc2ccccc2Cl)C1. The van der Waals surface area contributed by atoms with E-state index in [4.69, 9.17) is 16.3 Å². The van der Waals surface area contributed by atoms with Gasteiger partial charge < -0.3 is 10.1 Å². The van der Waals surface area contributed by atoms with Crippen LogP contribution >= 0.6 is 11.6 Å². The number of hydrogen-bond acceptors (Lipinski definition) is 3. The van der Waals surface area contributed by atoms with Gasteiger partial charge in [0.25, 0.3) is 0 Å². The first-order chi connectivity index (χ1) is 14.3. The molecule has 0 bridgehead atoms. The number of nitrogens with one attached hydrogen (secondary N) is 1. The van der Waals surface area contributed by atoms with Crippen LogP contribution in [0.1, 0.15) is 55.8 Å². The van der Waals surface area contributed by atoms with Crippen molar-refractivity contribution in [2.45, 2.75) is 58.2 Å². The van der Waals surface area contributed by atoms with Gasteiger partial charge in [0.15, 0.2) is 0 Å². The Bertz CT molecular complexity index is 927.